The van der Waals surface area contributed by atoms with E-state index < -0.39 is 0 Å². The number of likely N-dealkylation sites (tertiary alicyclic amines) is 1. The lowest BCUT2D eigenvalue weighted by molar-refractivity contribution is 0.174. The monoisotopic (exact) mass is 255 g/mol. The Kier molecular flexibility index (Phi) is 6.09. The van der Waals surface area contributed by atoms with Gasteiger partial charge in [0.05, 0.1) is 0 Å². The van der Waals surface area contributed by atoms with E-state index in [0.717, 1.165) is 12.6 Å². The summed E-state index contributed by atoms with van der Waals surface area (Å²) in [5.41, 5.74) is 0.263. The first kappa shape index (κ1) is 15.9. The fourth-order valence-corrected chi connectivity index (χ4v) is 2.43. The zero-order valence-corrected chi connectivity index (χ0v) is 13.3. The highest BCUT2D eigenvalue weighted by Gasteiger charge is 2.24. The largest absolute Gasteiger partial charge is 0.310 e. The Morgan fingerprint density at radius 2 is 2.11 bits per heavy atom. The first-order valence-electron chi connectivity index (χ1n) is 7.51. The minimum absolute atomic E-state index is 0.263. The minimum atomic E-state index is 0.263. The molecule has 0 aromatic carbocycles. The van der Waals surface area contributed by atoms with Gasteiger partial charge in [0, 0.05) is 30.7 Å². The van der Waals surface area contributed by atoms with Gasteiger partial charge in [-0.1, -0.05) is 6.92 Å². The highest BCUT2D eigenvalue weighted by molar-refractivity contribution is 4.82. The third-order valence-electron chi connectivity index (χ3n) is 4.68. The molecule has 0 spiro atoms. The number of rotatable bonds is 7. The molecular formula is C15H33N3. The second kappa shape index (κ2) is 6.88. The lowest BCUT2D eigenvalue weighted by Crippen LogP contribution is -2.48. The predicted octanol–water partition coefficient (Wildman–Crippen LogP) is 2.18. The molecule has 3 heteroatoms. The fourth-order valence-electron chi connectivity index (χ4n) is 2.43. The summed E-state index contributed by atoms with van der Waals surface area (Å²) < 4.78 is 0. The summed E-state index contributed by atoms with van der Waals surface area (Å²) in [5.74, 6) is 0. The predicted molar refractivity (Wildman–Crippen MR) is 80.1 cm³/mol. The molecule has 1 aliphatic rings. The van der Waals surface area contributed by atoms with E-state index in [9.17, 15) is 0 Å². The van der Waals surface area contributed by atoms with E-state index in [4.69, 9.17) is 0 Å². The first-order valence-corrected chi connectivity index (χ1v) is 7.51. The molecule has 1 saturated heterocycles. The molecule has 18 heavy (non-hydrogen) atoms. The van der Waals surface area contributed by atoms with Gasteiger partial charge in [-0.3, -0.25) is 0 Å². The maximum absolute atomic E-state index is 3.67. The molecule has 108 valence electrons. The second-order valence-corrected chi connectivity index (χ2v) is 6.68. The molecule has 1 fully saturated rings. The molecule has 0 aromatic heterocycles. The minimum Gasteiger partial charge on any atom is -0.310 e. The van der Waals surface area contributed by atoms with Crippen LogP contribution in [0.2, 0.25) is 0 Å². The van der Waals surface area contributed by atoms with Crippen LogP contribution in [0.5, 0.6) is 0 Å². The maximum atomic E-state index is 3.67. The average Bonchev–Trinajstić information content (AvgIpc) is 2.72. The highest BCUT2D eigenvalue weighted by Crippen LogP contribution is 2.16. The van der Waals surface area contributed by atoms with Crippen LogP contribution in [-0.2, 0) is 0 Å². The van der Waals surface area contributed by atoms with Gasteiger partial charge in [0.2, 0.25) is 0 Å². The summed E-state index contributed by atoms with van der Waals surface area (Å²) in [6.45, 7) is 12.7. The standard InChI is InChI=1S/C15H33N3/c1-7-15(3,4)16-11-13(2)18(6)12-14-9-8-10-17(14)5/h13-14,16H,7-12H2,1-6H3. The topological polar surface area (TPSA) is 18.5 Å². The lowest BCUT2D eigenvalue weighted by Gasteiger charge is -2.33. The van der Waals surface area contributed by atoms with E-state index in [-0.39, 0.29) is 5.54 Å². The Balaban J connectivity index is 2.30. The van der Waals surface area contributed by atoms with Gasteiger partial charge in [0.15, 0.2) is 0 Å². The van der Waals surface area contributed by atoms with Crippen molar-refractivity contribution in [3.05, 3.63) is 0 Å². The molecule has 0 radical (unpaired) electrons. The van der Waals surface area contributed by atoms with Gasteiger partial charge in [0.25, 0.3) is 0 Å². The Labute approximate surface area is 114 Å². The van der Waals surface area contributed by atoms with E-state index >= 15 is 0 Å². The normalized spacial score (nSPS) is 23.8. The Morgan fingerprint density at radius 3 is 2.61 bits per heavy atom. The van der Waals surface area contributed by atoms with E-state index in [1.165, 1.54) is 32.4 Å². The second-order valence-electron chi connectivity index (χ2n) is 6.68. The van der Waals surface area contributed by atoms with Crippen molar-refractivity contribution in [2.24, 2.45) is 0 Å². The fraction of sp³-hybridized carbons (Fsp3) is 1.00. The molecule has 1 rings (SSSR count). The van der Waals surface area contributed by atoms with Crippen molar-refractivity contribution >= 4 is 0 Å². The van der Waals surface area contributed by atoms with Crippen LogP contribution in [0.25, 0.3) is 0 Å². The molecule has 1 aliphatic heterocycles. The number of likely N-dealkylation sites (N-methyl/N-ethyl adjacent to an activating group) is 2. The average molecular weight is 255 g/mol. The van der Waals surface area contributed by atoms with Gasteiger partial charge >= 0.3 is 0 Å². The van der Waals surface area contributed by atoms with E-state index in [0.29, 0.717) is 6.04 Å². The molecule has 0 aliphatic carbocycles. The van der Waals surface area contributed by atoms with Crippen LogP contribution in [0, 0.1) is 0 Å². The Morgan fingerprint density at radius 1 is 1.44 bits per heavy atom. The molecule has 0 saturated carbocycles. The van der Waals surface area contributed by atoms with Crippen LogP contribution in [-0.4, -0.2) is 61.2 Å². The van der Waals surface area contributed by atoms with Crippen molar-refractivity contribution < 1.29 is 0 Å². The molecule has 1 N–H and O–H groups in total. The molecular weight excluding hydrogens is 222 g/mol. The highest BCUT2D eigenvalue weighted by atomic mass is 15.2. The number of nitrogens with zero attached hydrogens (tertiary/aromatic N) is 2. The quantitative estimate of drug-likeness (QED) is 0.752. The maximum Gasteiger partial charge on any atom is 0.0220 e. The van der Waals surface area contributed by atoms with Crippen molar-refractivity contribution in [2.45, 2.75) is 64.6 Å². The van der Waals surface area contributed by atoms with Gasteiger partial charge in [-0.05, 0) is 60.7 Å². The lowest BCUT2D eigenvalue weighted by atomic mass is 10.0. The van der Waals surface area contributed by atoms with Crippen molar-refractivity contribution in [3.63, 3.8) is 0 Å². The number of hydrogen-bond acceptors (Lipinski definition) is 3. The van der Waals surface area contributed by atoms with Crippen molar-refractivity contribution in [1.82, 2.24) is 15.1 Å². The molecule has 0 aromatic rings. The summed E-state index contributed by atoms with van der Waals surface area (Å²) in [6, 6.07) is 1.36. The smallest absolute Gasteiger partial charge is 0.0220 e. The van der Waals surface area contributed by atoms with Crippen LogP contribution in [0.3, 0.4) is 0 Å². The van der Waals surface area contributed by atoms with Crippen LogP contribution in [0.15, 0.2) is 0 Å². The zero-order valence-electron chi connectivity index (χ0n) is 13.3. The molecule has 2 unspecified atom stereocenters. The Bertz CT molecular complexity index is 240. The van der Waals surface area contributed by atoms with E-state index in [1.54, 1.807) is 0 Å². The summed E-state index contributed by atoms with van der Waals surface area (Å²) in [4.78, 5) is 5.01. The first-order chi connectivity index (χ1) is 8.35. The van der Waals surface area contributed by atoms with Crippen molar-refractivity contribution in [3.8, 4) is 0 Å². The Hall–Kier alpha value is -0.120. The van der Waals surface area contributed by atoms with Crippen LogP contribution in [0.1, 0.15) is 47.0 Å². The van der Waals surface area contributed by atoms with E-state index in [2.05, 4.69) is 56.9 Å². The SMILES string of the molecule is CCC(C)(C)NCC(C)N(C)CC1CCCN1C. The van der Waals surface area contributed by atoms with Crippen molar-refractivity contribution in [1.29, 1.82) is 0 Å². The molecule has 2 atom stereocenters. The van der Waals surface area contributed by atoms with Crippen LogP contribution >= 0.6 is 0 Å². The summed E-state index contributed by atoms with van der Waals surface area (Å²) >= 11 is 0. The summed E-state index contributed by atoms with van der Waals surface area (Å²) in [7, 11) is 4.52. The molecule has 0 bridgehead atoms. The summed E-state index contributed by atoms with van der Waals surface area (Å²) in [5, 5.41) is 3.67. The third-order valence-corrected chi connectivity index (χ3v) is 4.68. The number of nitrogens with one attached hydrogen (secondary N) is 1. The molecule has 1 heterocycles. The zero-order chi connectivity index (χ0) is 13.8. The van der Waals surface area contributed by atoms with E-state index in [1.807, 2.05) is 0 Å². The van der Waals surface area contributed by atoms with Gasteiger partial charge in [-0.25, -0.2) is 0 Å². The molecule has 3 nitrogen and oxygen atoms in total. The van der Waals surface area contributed by atoms with Crippen molar-refractivity contribution in [2.75, 3.05) is 33.7 Å². The van der Waals surface area contributed by atoms with Crippen LogP contribution < -0.4 is 5.32 Å². The van der Waals surface area contributed by atoms with Gasteiger partial charge in [-0.15, -0.1) is 0 Å². The summed E-state index contributed by atoms with van der Waals surface area (Å²) in [6.07, 6.45) is 3.90. The van der Waals surface area contributed by atoms with Gasteiger partial charge in [0.1, 0.15) is 0 Å². The van der Waals surface area contributed by atoms with Gasteiger partial charge < -0.3 is 15.1 Å². The third kappa shape index (κ3) is 4.87. The molecule has 0 amide bonds. The number of hydrogen-bond donors (Lipinski definition) is 1. The van der Waals surface area contributed by atoms with Gasteiger partial charge in [-0.2, -0.15) is 0 Å². The van der Waals surface area contributed by atoms with Crippen LogP contribution in [0.4, 0.5) is 0 Å².